The number of anilines is 1. The minimum Gasteiger partial charge on any atom is -0.406 e. The van der Waals surface area contributed by atoms with E-state index >= 15 is 0 Å². The Hall–Kier alpha value is -0.660. The minimum absolute atomic E-state index is 0.242. The van der Waals surface area contributed by atoms with Crippen LogP contribution in [0, 0.1) is 3.57 Å². The van der Waals surface area contributed by atoms with Gasteiger partial charge >= 0.3 is 6.36 Å². The van der Waals surface area contributed by atoms with E-state index in [1.165, 1.54) is 6.07 Å². The molecule has 0 saturated heterocycles. The number of nitrogens with two attached hydrogens (primary N) is 1. The van der Waals surface area contributed by atoms with E-state index in [9.17, 15) is 13.2 Å². The molecule has 0 aromatic heterocycles. The number of benzene rings is 1. The van der Waals surface area contributed by atoms with Crippen LogP contribution in [0.25, 0.3) is 0 Å². The lowest BCUT2D eigenvalue weighted by Crippen LogP contribution is -2.17. The minimum atomic E-state index is -4.67. The molecule has 1 rings (SSSR count). The normalized spacial score (nSPS) is 11.4. The van der Waals surface area contributed by atoms with Crippen molar-refractivity contribution in [1.82, 2.24) is 0 Å². The Morgan fingerprint density at radius 2 is 1.85 bits per heavy atom. The van der Waals surface area contributed by atoms with Crippen molar-refractivity contribution < 1.29 is 17.9 Å². The fraction of sp³-hybridized carbons (Fsp3) is 0.143. The molecule has 0 aliphatic heterocycles. The second-order valence-corrected chi connectivity index (χ2v) is 3.51. The van der Waals surface area contributed by atoms with Gasteiger partial charge in [-0.05, 0) is 34.7 Å². The van der Waals surface area contributed by atoms with Crippen LogP contribution < -0.4 is 10.5 Å². The second kappa shape index (κ2) is 3.60. The van der Waals surface area contributed by atoms with Crippen LogP contribution in [-0.4, -0.2) is 6.36 Å². The Morgan fingerprint density at radius 3 is 2.31 bits per heavy atom. The molecule has 1 aromatic rings. The average Bonchev–Trinajstić information content (AvgIpc) is 1.78. The summed E-state index contributed by atoms with van der Waals surface area (Å²) in [6.45, 7) is 0. The molecular formula is C7H5F3INO. The third-order valence-corrected chi connectivity index (χ3v) is 1.75. The van der Waals surface area contributed by atoms with E-state index < -0.39 is 6.36 Å². The SMILES string of the molecule is Nc1cc(I)cc(OC(F)(F)F)c1. The highest BCUT2D eigenvalue weighted by molar-refractivity contribution is 14.1. The molecule has 0 fully saturated rings. The molecule has 0 aliphatic carbocycles. The van der Waals surface area contributed by atoms with E-state index in [2.05, 4.69) is 4.74 Å². The summed E-state index contributed by atoms with van der Waals surface area (Å²) < 4.78 is 39.5. The lowest BCUT2D eigenvalue weighted by molar-refractivity contribution is -0.274. The van der Waals surface area contributed by atoms with Crippen molar-refractivity contribution >= 4 is 28.3 Å². The van der Waals surface area contributed by atoms with Crippen LogP contribution in [0.15, 0.2) is 18.2 Å². The first-order chi connectivity index (χ1) is 5.87. The van der Waals surface area contributed by atoms with Crippen molar-refractivity contribution in [1.29, 1.82) is 0 Å². The van der Waals surface area contributed by atoms with Gasteiger partial charge in [0.2, 0.25) is 0 Å². The van der Waals surface area contributed by atoms with E-state index in [0.29, 0.717) is 3.57 Å². The van der Waals surface area contributed by atoms with Crippen molar-refractivity contribution in [2.24, 2.45) is 0 Å². The fourth-order valence-corrected chi connectivity index (χ4v) is 1.44. The van der Waals surface area contributed by atoms with Crippen molar-refractivity contribution in [2.45, 2.75) is 6.36 Å². The first-order valence-corrected chi connectivity index (χ1v) is 4.26. The van der Waals surface area contributed by atoms with E-state index in [1.807, 2.05) is 22.6 Å². The molecule has 0 aliphatic rings. The molecule has 0 amide bonds. The van der Waals surface area contributed by atoms with E-state index in [-0.39, 0.29) is 11.4 Å². The summed E-state index contributed by atoms with van der Waals surface area (Å²) in [6.07, 6.45) is -4.67. The van der Waals surface area contributed by atoms with Gasteiger partial charge in [0.25, 0.3) is 0 Å². The molecule has 0 atom stereocenters. The van der Waals surface area contributed by atoms with Crippen LogP contribution in [0.1, 0.15) is 0 Å². The van der Waals surface area contributed by atoms with Gasteiger partial charge in [0, 0.05) is 15.3 Å². The Morgan fingerprint density at radius 1 is 1.23 bits per heavy atom. The number of hydrogen-bond donors (Lipinski definition) is 1. The maximum atomic E-state index is 11.7. The maximum Gasteiger partial charge on any atom is 0.573 e. The predicted octanol–water partition coefficient (Wildman–Crippen LogP) is 2.77. The lowest BCUT2D eigenvalue weighted by atomic mass is 10.3. The largest absolute Gasteiger partial charge is 0.573 e. The second-order valence-electron chi connectivity index (χ2n) is 2.27. The van der Waals surface area contributed by atoms with Gasteiger partial charge in [0.15, 0.2) is 0 Å². The van der Waals surface area contributed by atoms with E-state index in [0.717, 1.165) is 6.07 Å². The highest BCUT2D eigenvalue weighted by atomic mass is 127. The Kier molecular flexibility index (Phi) is 2.89. The molecule has 0 unspecified atom stereocenters. The fourth-order valence-electron chi connectivity index (χ4n) is 0.777. The van der Waals surface area contributed by atoms with Gasteiger partial charge in [-0.15, -0.1) is 13.2 Å². The number of alkyl halides is 3. The summed E-state index contributed by atoms with van der Waals surface area (Å²) in [5, 5.41) is 0. The van der Waals surface area contributed by atoms with Crippen LogP contribution in [0.3, 0.4) is 0 Å². The van der Waals surface area contributed by atoms with Crippen LogP contribution in [0.5, 0.6) is 5.75 Å². The van der Waals surface area contributed by atoms with Gasteiger partial charge in [-0.25, -0.2) is 0 Å². The molecule has 1 aromatic carbocycles. The van der Waals surface area contributed by atoms with Crippen LogP contribution in [0.2, 0.25) is 0 Å². The average molecular weight is 303 g/mol. The third kappa shape index (κ3) is 3.71. The maximum absolute atomic E-state index is 11.7. The monoisotopic (exact) mass is 303 g/mol. The summed E-state index contributed by atoms with van der Waals surface area (Å²) in [5.41, 5.74) is 5.57. The lowest BCUT2D eigenvalue weighted by Gasteiger charge is -2.09. The van der Waals surface area contributed by atoms with Gasteiger partial charge in [0.1, 0.15) is 5.75 Å². The summed E-state index contributed by atoms with van der Waals surface area (Å²) in [4.78, 5) is 0. The van der Waals surface area contributed by atoms with Gasteiger partial charge < -0.3 is 10.5 Å². The molecule has 72 valence electrons. The number of rotatable bonds is 1. The summed E-state index contributed by atoms with van der Waals surface area (Å²) in [6, 6.07) is 3.92. The van der Waals surface area contributed by atoms with Crippen molar-refractivity contribution in [2.75, 3.05) is 5.73 Å². The Balaban J connectivity index is 2.90. The highest BCUT2D eigenvalue weighted by Crippen LogP contribution is 2.26. The van der Waals surface area contributed by atoms with Gasteiger partial charge in [0.05, 0.1) is 0 Å². The standard InChI is InChI=1S/C7H5F3INO/c8-7(9,10)13-6-2-4(11)1-5(12)3-6/h1-3H,12H2. The molecule has 6 heteroatoms. The quantitative estimate of drug-likeness (QED) is 0.639. The number of hydrogen-bond acceptors (Lipinski definition) is 2. The van der Waals surface area contributed by atoms with Crippen LogP contribution >= 0.6 is 22.6 Å². The number of ether oxygens (including phenoxy) is 1. The summed E-state index contributed by atoms with van der Waals surface area (Å²) in [5.74, 6) is -0.295. The Bertz CT molecular complexity index is 293. The molecule has 0 heterocycles. The van der Waals surface area contributed by atoms with Gasteiger partial charge in [-0.2, -0.15) is 0 Å². The first kappa shape index (κ1) is 10.4. The molecule has 13 heavy (non-hydrogen) atoms. The van der Waals surface area contributed by atoms with Crippen LogP contribution in [0.4, 0.5) is 18.9 Å². The zero-order valence-electron chi connectivity index (χ0n) is 6.23. The van der Waals surface area contributed by atoms with Gasteiger partial charge in [-0.3, -0.25) is 0 Å². The van der Waals surface area contributed by atoms with Gasteiger partial charge in [-0.1, -0.05) is 0 Å². The van der Waals surface area contributed by atoms with E-state index in [4.69, 9.17) is 5.73 Å². The molecule has 0 radical (unpaired) electrons. The zero-order valence-corrected chi connectivity index (χ0v) is 8.39. The van der Waals surface area contributed by atoms with Crippen molar-refractivity contribution in [3.63, 3.8) is 0 Å². The third-order valence-electron chi connectivity index (χ3n) is 1.13. The smallest absolute Gasteiger partial charge is 0.406 e. The predicted molar refractivity (Wildman–Crippen MR) is 50.3 cm³/mol. The first-order valence-electron chi connectivity index (χ1n) is 3.18. The molecule has 2 nitrogen and oxygen atoms in total. The molecule has 2 N–H and O–H groups in total. The van der Waals surface area contributed by atoms with E-state index in [1.54, 1.807) is 6.07 Å². The molecule has 0 bridgehead atoms. The van der Waals surface area contributed by atoms with Crippen LogP contribution in [-0.2, 0) is 0 Å². The summed E-state index contributed by atoms with van der Waals surface area (Å²) in [7, 11) is 0. The van der Waals surface area contributed by atoms with Crippen molar-refractivity contribution in [3.05, 3.63) is 21.8 Å². The van der Waals surface area contributed by atoms with Crippen molar-refractivity contribution in [3.8, 4) is 5.75 Å². The summed E-state index contributed by atoms with van der Waals surface area (Å²) >= 11 is 1.86. The number of halogens is 4. The molecule has 0 saturated carbocycles. The topological polar surface area (TPSA) is 35.2 Å². The molecule has 0 spiro atoms. The number of nitrogen functional groups attached to an aromatic ring is 1. The highest BCUT2D eigenvalue weighted by Gasteiger charge is 2.31. The molecular weight excluding hydrogens is 298 g/mol. The zero-order chi connectivity index (χ0) is 10.1. The Labute approximate surface area is 86.0 Å².